The molecule has 0 spiro atoms. The molecule has 9 heteroatoms. The topological polar surface area (TPSA) is 76.3 Å². The molecular formula is C17H15BrClN3O3S. The highest BCUT2D eigenvalue weighted by atomic mass is 79.9. The first-order valence-electron chi connectivity index (χ1n) is 7.61. The number of aromatic nitrogens is 2. The number of hydrogen-bond acceptors (Lipinski definition) is 5. The lowest BCUT2D eigenvalue weighted by atomic mass is 10.2. The smallest absolute Gasteiger partial charge is 0.242 e. The van der Waals surface area contributed by atoms with Gasteiger partial charge >= 0.3 is 0 Å². The monoisotopic (exact) mass is 455 g/mol. The maximum absolute atomic E-state index is 12.5. The van der Waals surface area contributed by atoms with Crippen LogP contribution in [-0.4, -0.2) is 29.9 Å². The van der Waals surface area contributed by atoms with Crippen LogP contribution in [0.2, 0.25) is 5.02 Å². The van der Waals surface area contributed by atoms with E-state index in [9.17, 15) is 8.42 Å². The molecular weight excluding hydrogens is 442 g/mol. The van der Waals surface area contributed by atoms with E-state index in [1.807, 2.05) is 6.07 Å². The minimum Gasteiger partial charge on any atom is -0.338 e. The summed E-state index contributed by atoms with van der Waals surface area (Å²) in [5.74, 6) is 0.411. The van der Waals surface area contributed by atoms with Crippen molar-refractivity contribution in [2.75, 3.05) is 7.05 Å². The van der Waals surface area contributed by atoms with Crippen molar-refractivity contribution in [2.45, 2.75) is 12.3 Å². The van der Waals surface area contributed by atoms with Gasteiger partial charge in [-0.15, -0.1) is 0 Å². The summed E-state index contributed by atoms with van der Waals surface area (Å²) in [6.07, 6.45) is 0. The van der Waals surface area contributed by atoms with Crippen LogP contribution in [0.15, 0.2) is 57.5 Å². The van der Waals surface area contributed by atoms with Crippen molar-refractivity contribution in [1.29, 1.82) is 0 Å². The van der Waals surface area contributed by atoms with Crippen molar-refractivity contribution >= 4 is 37.6 Å². The van der Waals surface area contributed by atoms with E-state index >= 15 is 0 Å². The Labute approximate surface area is 165 Å². The molecule has 0 unspecified atom stereocenters. The van der Waals surface area contributed by atoms with E-state index in [0.29, 0.717) is 22.0 Å². The van der Waals surface area contributed by atoms with Crippen molar-refractivity contribution < 1.29 is 12.9 Å². The number of sulfonamides is 1. The SMILES string of the molecule is CN(Cc1nc(-c2ccccc2Cl)no1)S(=O)(=O)Cc1ccc(Br)cc1. The van der Waals surface area contributed by atoms with E-state index in [4.69, 9.17) is 16.1 Å². The van der Waals surface area contributed by atoms with Crippen molar-refractivity contribution in [2.24, 2.45) is 0 Å². The van der Waals surface area contributed by atoms with Gasteiger partial charge in [-0.25, -0.2) is 8.42 Å². The quantitative estimate of drug-likeness (QED) is 0.558. The van der Waals surface area contributed by atoms with E-state index in [1.54, 1.807) is 42.5 Å². The molecule has 3 aromatic rings. The first-order valence-corrected chi connectivity index (χ1v) is 10.4. The zero-order valence-corrected chi connectivity index (χ0v) is 16.9. The molecule has 0 amide bonds. The second kappa shape index (κ2) is 7.87. The molecule has 0 N–H and O–H groups in total. The van der Waals surface area contributed by atoms with Gasteiger partial charge in [0, 0.05) is 17.1 Å². The highest BCUT2D eigenvalue weighted by Gasteiger charge is 2.22. The minimum absolute atomic E-state index is 0.0175. The Hall–Kier alpha value is -1.74. The number of halogens is 2. The third kappa shape index (κ3) is 4.50. The van der Waals surface area contributed by atoms with Crippen molar-refractivity contribution in [3.05, 3.63) is 69.5 Å². The average Bonchev–Trinajstić information content (AvgIpc) is 3.05. The van der Waals surface area contributed by atoms with Crippen LogP contribution in [0.4, 0.5) is 0 Å². The highest BCUT2D eigenvalue weighted by Crippen LogP contribution is 2.25. The lowest BCUT2D eigenvalue weighted by Crippen LogP contribution is -2.27. The summed E-state index contributed by atoms with van der Waals surface area (Å²) in [5, 5.41) is 4.38. The summed E-state index contributed by atoms with van der Waals surface area (Å²) in [5.41, 5.74) is 1.33. The van der Waals surface area contributed by atoms with E-state index in [1.165, 1.54) is 11.4 Å². The van der Waals surface area contributed by atoms with Crippen LogP contribution in [-0.2, 0) is 22.3 Å². The molecule has 0 fully saturated rings. The van der Waals surface area contributed by atoms with Gasteiger partial charge in [0.25, 0.3) is 0 Å². The van der Waals surface area contributed by atoms with Crippen LogP contribution in [0.5, 0.6) is 0 Å². The summed E-state index contributed by atoms with van der Waals surface area (Å²) < 4.78 is 32.3. The third-order valence-corrected chi connectivity index (χ3v) is 6.31. The third-order valence-electron chi connectivity index (χ3n) is 3.68. The molecule has 26 heavy (non-hydrogen) atoms. The Balaban J connectivity index is 1.72. The van der Waals surface area contributed by atoms with Crippen LogP contribution in [0.1, 0.15) is 11.5 Å². The molecule has 0 radical (unpaired) electrons. The Morgan fingerprint density at radius 1 is 1.15 bits per heavy atom. The first-order chi connectivity index (χ1) is 12.3. The molecule has 136 valence electrons. The second-order valence-electron chi connectivity index (χ2n) is 5.63. The van der Waals surface area contributed by atoms with E-state index in [2.05, 4.69) is 26.1 Å². The van der Waals surface area contributed by atoms with Crippen molar-refractivity contribution in [1.82, 2.24) is 14.4 Å². The zero-order chi connectivity index (χ0) is 18.7. The molecule has 0 aliphatic heterocycles. The lowest BCUT2D eigenvalue weighted by Gasteiger charge is -2.15. The van der Waals surface area contributed by atoms with Crippen LogP contribution in [0.3, 0.4) is 0 Å². The van der Waals surface area contributed by atoms with E-state index in [0.717, 1.165) is 4.47 Å². The van der Waals surface area contributed by atoms with E-state index < -0.39 is 10.0 Å². The van der Waals surface area contributed by atoms with Crippen LogP contribution in [0, 0.1) is 0 Å². The summed E-state index contributed by atoms with van der Waals surface area (Å²) in [6, 6.07) is 14.2. The maximum Gasteiger partial charge on any atom is 0.242 e. The van der Waals surface area contributed by atoms with Crippen LogP contribution in [0.25, 0.3) is 11.4 Å². The summed E-state index contributed by atoms with van der Waals surface area (Å²) in [6.45, 7) is -0.0175. The largest absolute Gasteiger partial charge is 0.338 e. The highest BCUT2D eigenvalue weighted by molar-refractivity contribution is 9.10. The van der Waals surface area contributed by atoms with Gasteiger partial charge in [0.1, 0.15) is 0 Å². The molecule has 3 rings (SSSR count). The second-order valence-corrected chi connectivity index (χ2v) is 9.03. The first kappa shape index (κ1) is 19.0. The Kier molecular flexibility index (Phi) is 5.76. The predicted molar refractivity (Wildman–Crippen MR) is 103 cm³/mol. The van der Waals surface area contributed by atoms with Gasteiger partial charge in [-0.05, 0) is 29.8 Å². The van der Waals surface area contributed by atoms with Gasteiger partial charge in [0.2, 0.25) is 21.7 Å². The molecule has 0 saturated heterocycles. The normalized spacial score (nSPS) is 11.8. The van der Waals surface area contributed by atoms with Gasteiger partial charge in [0.15, 0.2) is 0 Å². The molecule has 6 nitrogen and oxygen atoms in total. The maximum atomic E-state index is 12.5. The minimum atomic E-state index is -3.52. The predicted octanol–water partition coefficient (Wildman–Crippen LogP) is 4.11. The Morgan fingerprint density at radius 2 is 1.85 bits per heavy atom. The van der Waals surface area contributed by atoms with Crippen LogP contribution >= 0.6 is 27.5 Å². The standard InChI is InChI=1S/C17H15BrClN3O3S/c1-22(26(23,24)11-12-6-8-13(18)9-7-12)10-16-20-17(21-25-16)14-4-2-3-5-15(14)19/h2-9H,10-11H2,1H3. The van der Waals surface area contributed by atoms with Crippen molar-refractivity contribution in [3.63, 3.8) is 0 Å². The molecule has 0 aliphatic carbocycles. The number of benzene rings is 2. The Morgan fingerprint density at radius 3 is 2.54 bits per heavy atom. The zero-order valence-electron chi connectivity index (χ0n) is 13.8. The fourth-order valence-electron chi connectivity index (χ4n) is 2.26. The van der Waals surface area contributed by atoms with Gasteiger partial charge < -0.3 is 4.52 Å². The van der Waals surface area contributed by atoms with Gasteiger partial charge in [-0.3, -0.25) is 0 Å². The van der Waals surface area contributed by atoms with Crippen molar-refractivity contribution in [3.8, 4) is 11.4 Å². The molecule has 1 heterocycles. The fraction of sp³-hybridized carbons (Fsp3) is 0.176. The molecule has 0 atom stereocenters. The number of rotatable bonds is 6. The van der Waals surface area contributed by atoms with Gasteiger partial charge in [-0.1, -0.05) is 57.0 Å². The molecule has 1 aromatic heterocycles. The summed E-state index contributed by atoms with van der Waals surface area (Å²) in [7, 11) is -2.04. The van der Waals surface area contributed by atoms with E-state index in [-0.39, 0.29) is 18.2 Å². The molecule has 2 aromatic carbocycles. The Bertz CT molecular complexity index is 1010. The molecule has 0 aliphatic rings. The van der Waals surface area contributed by atoms with Gasteiger partial charge in [-0.2, -0.15) is 9.29 Å². The van der Waals surface area contributed by atoms with Gasteiger partial charge in [0.05, 0.1) is 17.3 Å². The fourth-order valence-corrected chi connectivity index (χ4v) is 3.89. The average molecular weight is 457 g/mol. The molecule has 0 saturated carbocycles. The summed E-state index contributed by atoms with van der Waals surface area (Å²) >= 11 is 9.44. The van der Waals surface area contributed by atoms with Crippen LogP contribution < -0.4 is 0 Å². The molecule has 0 bridgehead atoms. The number of nitrogens with zero attached hydrogens (tertiary/aromatic N) is 3. The lowest BCUT2D eigenvalue weighted by molar-refractivity contribution is 0.336. The number of hydrogen-bond donors (Lipinski definition) is 0. The summed E-state index contributed by atoms with van der Waals surface area (Å²) in [4.78, 5) is 4.24.